The van der Waals surface area contributed by atoms with Gasteiger partial charge in [0.05, 0.1) is 4.92 Å². The van der Waals surface area contributed by atoms with Crippen molar-refractivity contribution in [2.75, 3.05) is 23.7 Å². The van der Waals surface area contributed by atoms with E-state index >= 15 is 0 Å². The molecule has 32 heavy (non-hydrogen) atoms. The number of H-pyrrole nitrogens is 1. The molecule has 0 saturated heterocycles. The number of hydrogen-bond donors (Lipinski definition) is 3. The third-order valence-electron chi connectivity index (χ3n) is 4.57. The first-order valence-corrected chi connectivity index (χ1v) is 10.3. The maximum absolute atomic E-state index is 10.7. The molecule has 9 nitrogen and oxygen atoms in total. The number of anilines is 2. The number of nitrogens with zero attached hydrogens (tertiary/aromatic N) is 4. The lowest BCUT2D eigenvalue weighted by Gasteiger charge is -2.13. The Balaban J connectivity index is 1.49. The Labute approximate surface area is 193 Å². The van der Waals surface area contributed by atoms with Gasteiger partial charge >= 0.3 is 0 Å². The molecular formula is C21H17Cl2N7O2. The van der Waals surface area contributed by atoms with Crippen LogP contribution < -0.4 is 10.6 Å². The van der Waals surface area contributed by atoms with Gasteiger partial charge in [-0.2, -0.15) is 0 Å². The molecule has 3 aromatic heterocycles. The van der Waals surface area contributed by atoms with Crippen molar-refractivity contribution in [1.82, 2.24) is 19.9 Å². The van der Waals surface area contributed by atoms with Gasteiger partial charge in [-0.3, -0.25) is 10.1 Å². The zero-order valence-corrected chi connectivity index (χ0v) is 18.1. The molecule has 0 atom stereocenters. The predicted molar refractivity (Wildman–Crippen MR) is 125 cm³/mol. The number of nitro groups is 1. The van der Waals surface area contributed by atoms with E-state index in [4.69, 9.17) is 23.2 Å². The van der Waals surface area contributed by atoms with Crippen LogP contribution in [-0.4, -0.2) is 37.9 Å². The first-order valence-electron chi connectivity index (χ1n) is 9.54. The molecule has 162 valence electrons. The van der Waals surface area contributed by atoms with E-state index in [0.717, 1.165) is 16.7 Å². The van der Waals surface area contributed by atoms with Gasteiger partial charge < -0.3 is 15.6 Å². The van der Waals surface area contributed by atoms with Gasteiger partial charge in [0.25, 0.3) is 5.69 Å². The number of nitrogens with one attached hydrogen (secondary N) is 3. The molecule has 0 aliphatic carbocycles. The van der Waals surface area contributed by atoms with Gasteiger partial charge in [-0.25, -0.2) is 15.0 Å². The Bertz CT molecular complexity index is 1230. The fourth-order valence-electron chi connectivity index (χ4n) is 3.06. The smallest absolute Gasteiger partial charge is 0.287 e. The molecule has 0 aliphatic rings. The minimum absolute atomic E-state index is 0.0529. The Morgan fingerprint density at radius 1 is 0.906 bits per heavy atom. The van der Waals surface area contributed by atoms with Crippen LogP contribution in [0.4, 0.5) is 17.3 Å². The van der Waals surface area contributed by atoms with Crippen molar-refractivity contribution in [3.05, 3.63) is 81.3 Å². The minimum atomic E-state index is -0.485. The summed E-state index contributed by atoms with van der Waals surface area (Å²) in [7, 11) is 0. The summed E-state index contributed by atoms with van der Waals surface area (Å²) in [6, 6.07) is 10.2. The number of halogens is 2. The molecule has 3 heterocycles. The maximum atomic E-state index is 10.7. The third-order valence-corrected chi connectivity index (χ3v) is 5.12. The molecular weight excluding hydrogens is 453 g/mol. The van der Waals surface area contributed by atoms with E-state index < -0.39 is 4.92 Å². The van der Waals surface area contributed by atoms with Crippen LogP contribution in [0.3, 0.4) is 0 Å². The fraction of sp³-hybridized carbons (Fsp3) is 0.0952. The number of imidazole rings is 1. The molecule has 11 heteroatoms. The molecule has 0 fully saturated rings. The Morgan fingerprint density at radius 3 is 2.34 bits per heavy atom. The van der Waals surface area contributed by atoms with Crippen molar-refractivity contribution in [2.24, 2.45) is 0 Å². The highest BCUT2D eigenvalue weighted by Crippen LogP contribution is 2.36. The van der Waals surface area contributed by atoms with Crippen LogP contribution in [0.5, 0.6) is 0 Å². The molecule has 3 N–H and O–H groups in total. The number of benzene rings is 1. The van der Waals surface area contributed by atoms with Gasteiger partial charge in [0.15, 0.2) is 0 Å². The highest BCUT2D eigenvalue weighted by molar-refractivity contribution is 6.36. The molecule has 0 amide bonds. The largest absolute Gasteiger partial charge is 0.368 e. The van der Waals surface area contributed by atoms with Gasteiger partial charge in [0.1, 0.15) is 23.7 Å². The number of aromatic amines is 1. The van der Waals surface area contributed by atoms with Crippen LogP contribution in [0, 0.1) is 10.1 Å². The van der Waals surface area contributed by atoms with Crippen molar-refractivity contribution < 1.29 is 4.92 Å². The Kier molecular flexibility index (Phi) is 6.48. The predicted octanol–water partition coefficient (Wildman–Crippen LogP) is 5.27. The van der Waals surface area contributed by atoms with Gasteiger partial charge in [-0.1, -0.05) is 29.3 Å². The second kappa shape index (κ2) is 9.63. The monoisotopic (exact) mass is 469 g/mol. The average molecular weight is 470 g/mol. The Hall–Kier alpha value is -3.69. The average Bonchev–Trinajstić information content (AvgIpc) is 3.32. The molecule has 0 spiro atoms. The lowest BCUT2D eigenvalue weighted by atomic mass is 10.0. The van der Waals surface area contributed by atoms with E-state index in [2.05, 4.69) is 30.6 Å². The highest BCUT2D eigenvalue weighted by Gasteiger charge is 2.14. The van der Waals surface area contributed by atoms with Crippen molar-refractivity contribution in [3.8, 4) is 22.5 Å². The summed E-state index contributed by atoms with van der Waals surface area (Å²) in [5, 5.41) is 18.1. The second-order valence-corrected chi connectivity index (χ2v) is 7.53. The molecule has 0 aliphatic heterocycles. The fourth-order valence-corrected chi connectivity index (χ4v) is 3.57. The molecule has 0 unspecified atom stereocenters. The summed E-state index contributed by atoms with van der Waals surface area (Å²) in [6.45, 7) is 1.07. The lowest BCUT2D eigenvalue weighted by molar-refractivity contribution is -0.385. The summed E-state index contributed by atoms with van der Waals surface area (Å²) in [5.74, 6) is 1.88. The van der Waals surface area contributed by atoms with E-state index in [9.17, 15) is 10.1 Å². The number of hydrogen-bond acceptors (Lipinski definition) is 7. The van der Waals surface area contributed by atoms with Crippen molar-refractivity contribution in [3.63, 3.8) is 0 Å². The summed E-state index contributed by atoms with van der Waals surface area (Å²) < 4.78 is 0. The maximum Gasteiger partial charge on any atom is 0.287 e. The van der Waals surface area contributed by atoms with Crippen molar-refractivity contribution in [2.45, 2.75) is 0 Å². The van der Waals surface area contributed by atoms with Gasteiger partial charge in [0.2, 0.25) is 0 Å². The molecule has 0 bridgehead atoms. The molecule has 1 aromatic carbocycles. The number of rotatable bonds is 8. The van der Waals surface area contributed by atoms with Crippen LogP contribution in [0.25, 0.3) is 22.5 Å². The number of aromatic nitrogens is 4. The van der Waals surface area contributed by atoms with E-state index in [0.29, 0.717) is 40.6 Å². The van der Waals surface area contributed by atoms with Gasteiger partial charge in [-0.15, -0.1) is 0 Å². The second-order valence-electron chi connectivity index (χ2n) is 6.69. The van der Waals surface area contributed by atoms with Crippen LogP contribution >= 0.6 is 23.2 Å². The lowest BCUT2D eigenvalue weighted by Crippen LogP contribution is -2.15. The standard InChI is InChI=1S/C21H17Cl2N7O2/c22-13-1-3-15(18(23)9-13)16-10-20(29-12-17(16)21-26-7-8-27-21)25-6-5-24-19-4-2-14(11-28-19)30(31)32/h1-4,7-12H,5-6H2,(H,24,28)(H,25,29)(H,26,27). The first kappa shape index (κ1) is 21.5. The zero-order chi connectivity index (χ0) is 22.5. The highest BCUT2D eigenvalue weighted by atomic mass is 35.5. The zero-order valence-electron chi connectivity index (χ0n) is 16.5. The molecule has 0 radical (unpaired) electrons. The van der Waals surface area contributed by atoms with Crippen LogP contribution in [0.1, 0.15) is 0 Å². The molecule has 4 rings (SSSR count). The summed E-state index contributed by atoms with van der Waals surface area (Å²) in [4.78, 5) is 26.2. The molecule has 0 saturated carbocycles. The molecule has 4 aromatic rings. The topological polar surface area (TPSA) is 122 Å². The normalized spacial score (nSPS) is 10.7. The van der Waals surface area contributed by atoms with Gasteiger partial charge in [-0.05, 0) is 29.8 Å². The van der Waals surface area contributed by atoms with E-state index in [1.807, 2.05) is 12.1 Å². The summed E-state index contributed by atoms with van der Waals surface area (Å²) in [6.07, 6.45) is 6.36. The van der Waals surface area contributed by atoms with Crippen LogP contribution in [0.15, 0.2) is 61.2 Å². The first-order chi connectivity index (χ1) is 15.5. The number of pyridine rings is 2. The quantitative estimate of drug-likeness (QED) is 0.182. The van der Waals surface area contributed by atoms with Crippen LogP contribution in [-0.2, 0) is 0 Å². The van der Waals surface area contributed by atoms with E-state index in [1.165, 1.54) is 12.3 Å². The minimum Gasteiger partial charge on any atom is -0.368 e. The van der Waals surface area contributed by atoms with E-state index in [1.54, 1.807) is 36.8 Å². The van der Waals surface area contributed by atoms with Crippen molar-refractivity contribution in [1.29, 1.82) is 0 Å². The summed E-state index contributed by atoms with van der Waals surface area (Å²) in [5.41, 5.74) is 2.41. The van der Waals surface area contributed by atoms with Crippen LogP contribution in [0.2, 0.25) is 10.0 Å². The van der Waals surface area contributed by atoms with Gasteiger partial charge in [0, 0.05) is 58.9 Å². The SMILES string of the molecule is O=[N+]([O-])c1ccc(NCCNc2cc(-c3ccc(Cl)cc3Cl)c(-c3ncc[nH]3)cn2)nc1. The third kappa shape index (κ3) is 4.96. The summed E-state index contributed by atoms with van der Waals surface area (Å²) >= 11 is 12.5. The Morgan fingerprint density at radius 2 is 1.69 bits per heavy atom. The van der Waals surface area contributed by atoms with E-state index in [-0.39, 0.29) is 5.69 Å². The van der Waals surface area contributed by atoms with Crippen molar-refractivity contribution >= 4 is 40.5 Å².